The number of fused-ring (bicyclic) bond motifs is 2. The molecule has 0 saturated heterocycles. The van der Waals surface area contributed by atoms with Crippen LogP contribution in [0.15, 0.2) is 216 Å². The number of anilines is 6. The summed E-state index contributed by atoms with van der Waals surface area (Å²) in [5.41, 5.74) is 4.71. The minimum Gasteiger partial charge on any atom is -0.543 e. The fourth-order valence-electron chi connectivity index (χ4n) is 7.82. The molecule has 10 rings (SSSR count). The summed E-state index contributed by atoms with van der Waals surface area (Å²) in [6, 6.07) is 55.7. The van der Waals surface area contributed by atoms with E-state index in [0.29, 0.717) is 38.5 Å². The molecule has 8 aromatic carbocycles. The molecule has 0 atom stereocenters. The summed E-state index contributed by atoms with van der Waals surface area (Å²) in [6.45, 7) is 3.68. The van der Waals surface area contributed by atoms with Crippen molar-refractivity contribution in [1.29, 1.82) is 0 Å². The van der Waals surface area contributed by atoms with E-state index in [9.17, 15) is 46.2 Å². The monoisotopic (exact) mass is 1270 g/mol. The summed E-state index contributed by atoms with van der Waals surface area (Å²) in [4.78, 5) is 60.8. The van der Waals surface area contributed by atoms with Crippen molar-refractivity contribution in [3.05, 3.63) is 249 Å². The first kappa shape index (κ1) is 66.2. The van der Waals surface area contributed by atoms with Gasteiger partial charge in [-0.25, -0.2) is 24.4 Å². The van der Waals surface area contributed by atoms with Crippen LogP contribution in [0.4, 0.5) is 43.7 Å². The largest absolute Gasteiger partial charge is 1.00 e. The molecule has 0 radical (unpaired) electrons. The van der Waals surface area contributed by atoms with Crippen molar-refractivity contribution >= 4 is 147 Å². The van der Waals surface area contributed by atoms with Gasteiger partial charge in [0.1, 0.15) is 0 Å². The van der Waals surface area contributed by atoms with Crippen molar-refractivity contribution in [2.75, 3.05) is 20.4 Å². The Hall–Kier alpha value is -7.96. The van der Waals surface area contributed by atoms with Crippen molar-refractivity contribution in [3.63, 3.8) is 0 Å². The summed E-state index contributed by atoms with van der Waals surface area (Å²) in [7, 11) is -8.04. The Bertz CT molecular complexity index is 3910. The zero-order valence-electron chi connectivity index (χ0n) is 44.8. The van der Waals surface area contributed by atoms with E-state index in [1.165, 1.54) is 70.5 Å². The van der Waals surface area contributed by atoms with Gasteiger partial charge in [0.2, 0.25) is 0 Å². The standard InChI is InChI=1S/2C23H15Cl2N3O3.2C7H8O3S.Na/c2*24-14-11-17(25)21-18(12-14)26-20(22(29)30)13-19(21)27-23(31)28(15-7-3-1-4-8-15)16-9-5-2-6-10-16;2*1-6-2-4-7(5-3-6)11(8,9)10;/h2*1-13H,(H,29,30)(H,26,27,31);2*2-5H,1H3,(H,8,9,10);/q;;;;+1/p-1. The average Bonchev–Trinajstić information content (AvgIpc) is 3.34. The van der Waals surface area contributed by atoms with Crippen LogP contribution in [0.3, 0.4) is 0 Å². The molecular formula is C60H45Cl4N6NaO12S2. The number of carboxylic acid groups (broad SMARTS) is 2. The van der Waals surface area contributed by atoms with E-state index in [1.807, 2.05) is 86.6 Å². The number of amides is 4. The van der Waals surface area contributed by atoms with E-state index >= 15 is 0 Å². The molecule has 2 heterocycles. The predicted octanol–water partition coefficient (Wildman–Crippen LogP) is 11.4. The van der Waals surface area contributed by atoms with Crippen LogP contribution in [0.5, 0.6) is 0 Å². The van der Waals surface area contributed by atoms with E-state index in [1.54, 1.807) is 72.8 Å². The number of nitrogens with one attached hydrogen (secondary N) is 2. The van der Waals surface area contributed by atoms with E-state index in [2.05, 4.69) is 20.6 Å². The van der Waals surface area contributed by atoms with Gasteiger partial charge in [-0.15, -0.1) is 0 Å². The maximum atomic E-state index is 13.4. The Morgan fingerprint density at radius 1 is 0.459 bits per heavy atom. The zero-order chi connectivity index (χ0) is 60.9. The normalized spacial score (nSPS) is 10.7. The fourth-order valence-corrected chi connectivity index (χ4v) is 9.95. The summed E-state index contributed by atoms with van der Waals surface area (Å²) in [5.74, 6) is -2.73. The van der Waals surface area contributed by atoms with Gasteiger partial charge in [0.15, 0.2) is 5.69 Å². The number of aromatic carboxylic acids is 2. The number of halogens is 4. The number of nitrogens with zero attached hydrogens (tertiary/aromatic N) is 4. The van der Waals surface area contributed by atoms with Crippen LogP contribution >= 0.6 is 46.4 Å². The first-order valence-corrected chi connectivity index (χ1v) is 28.8. The minimum atomic E-state index is -4.02. The number of aryl methyl sites for hydroxylation is 2. The minimum absolute atomic E-state index is 0. The van der Waals surface area contributed by atoms with Gasteiger partial charge in [0, 0.05) is 20.8 Å². The number of hydrogen-bond acceptors (Lipinski definition) is 11. The average molecular weight is 1270 g/mol. The van der Waals surface area contributed by atoms with Crippen molar-refractivity contribution in [2.24, 2.45) is 0 Å². The van der Waals surface area contributed by atoms with E-state index in [4.69, 9.17) is 55.5 Å². The van der Waals surface area contributed by atoms with Gasteiger partial charge in [-0.1, -0.05) is 155 Å². The third kappa shape index (κ3) is 18.0. The van der Waals surface area contributed by atoms with E-state index in [-0.39, 0.29) is 88.2 Å². The van der Waals surface area contributed by atoms with E-state index in [0.717, 1.165) is 11.1 Å². The van der Waals surface area contributed by atoms with Gasteiger partial charge >= 0.3 is 47.6 Å². The summed E-state index contributed by atoms with van der Waals surface area (Å²) < 4.78 is 59.1. The van der Waals surface area contributed by atoms with Crippen LogP contribution in [-0.2, 0) is 20.2 Å². The third-order valence-electron chi connectivity index (χ3n) is 11.7. The third-order valence-corrected chi connectivity index (χ3v) is 14.4. The molecule has 18 nitrogen and oxygen atoms in total. The van der Waals surface area contributed by atoms with Crippen molar-refractivity contribution < 1.29 is 84.9 Å². The Balaban J connectivity index is 0.000000200. The topological polar surface area (TPSA) is 277 Å². The SMILES string of the molecule is Cc1ccc(S(=O)(=O)O)cc1.Cc1ccc(S(=O)(=O)O)cc1.O=C(O)c1cc(NC(=O)N(c2ccccc2)c2ccccc2)c2c(Cl)cc(Cl)cc2n1.O=C([O-])c1cc(NC(=O)N(c2ccccc2)c2ccccc2)c2c(Cl)cc(Cl)cc2n1.[Na+]. The van der Waals surface area contributed by atoms with Gasteiger partial charge in [-0.2, -0.15) is 16.8 Å². The molecule has 85 heavy (non-hydrogen) atoms. The molecule has 5 N–H and O–H groups in total. The van der Waals surface area contributed by atoms with Crippen molar-refractivity contribution in [3.8, 4) is 0 Å². The Kier molecular flexibility index (Phi) is 23.1. The number of urea groups is 2. The molecule has 0 unspecified atom stereocenters. The molecule has 0 spiro atoms. The van der Waals surface area contributed by atoms with E-state index < -0.39 is 44.2 Å². The van der Waals surface area contributed by atoms with Gasteiger partial charge in [-0.3, -0.25) is 18.9 Å². The molecule has 4 amide bonds. The number of hydrogen-bond donors (Lipinski definition) is 5. The fraction of sp³-hybridized carbons (Fsp3) is 0.0333. The summed E-state index contributed by atoms with van der Waals surface area (Å²) in [6.07, 6.45) is 0. The quantitative estimate of drug-likeness (QED) is 0.0629. The first-order valence-electron chi connectivity index (χ1n) is 24.4. The second kappa shape index (κ2) is 29.7. The Morgan fingerprint density at radius 2 is 0.753 bits per heavy atom. The van der Waals surface area contributed by atoms with Gasteiger partial charge in [0.25, 0.3) is 20.2 Å². The molecule has 0 aliphatic rings. The Labute approximate surface area is 530 Å². The number of carbonyl (C=O) groups is 4. The van der Waals surface area contributed by atoms with Crippen LogP contribution < -0.4 is 55.1 Å². The molecule has 2 aromatic heterocycles. The maximum Gasteiger partial charge on any atom is 1.00 e. The second-order valence-electron chi connectivity index (χ2n) is 17.7. The number of para-hydroxylation sites is 4. The first-order chi connectivity index (χ1) is 39.9. The number of pyridine rings is 2. The molecule has 0 aliphatic heterocycles. The predicted molar refractivity (Wildman–Crippen MR) is 325 cm³/mol. The number of aromatic nitrogens is 2. The van der Waals surface area contributed by atoms with Gasteiger partial charge in [0.05, 0.1) is 76.7 Å². The van der Waals surface area contributed by atoms with Crippen molar-refractivity contribution in [1.82, 2.24) is 9.97 Å². The molecule has 428 valence electrons. The summed E-state index contributed by atoms with van der Waals surface area (Å²) in [5, 5.41) is 28.3. The summed E-state index contributed by atoms with van der Waals surface area (Å²) >= 11 is 24.8. The molecule has 25 heteroatoms. The second-order valence-corrected chi connectivity index (χ2v) is 22.2. The Morgan fingerprint density at radius 3 is 1.04 bits per heavy atom. The van der Waals surface area contributed by atoms with Crippen molar-refractivity contribution in [2.45, 2.75) is 23.6 Å². The number of carboxylic acids is 2. The zero-order valence-corrected chi connectivity index (χ0v) is 51.4. The molecule has 0 fully saturated rings. The van der Waals surface area contributed by atoms with Crippen LogP contribution in [0.2, 0.25) is 20.1 Å². The number of benzene rings is 8. The maximum absolute atomic E-state index is 13.4. The molecule has 0 aliphatic carbocycles. The van der Waals surface area contributed by atoms with Gasteiger partial charge in [-0.05, 0) is 123 Å². The molecule has 0 bridgehead atoms. The van der Waals surface area contributed by atoms with Crippen LogP contribution in [0.25, 0.3) is 21.8 Å². The molecule has 0 saturated carbocycles. The van der Waals surface area contributed by atoms with Gasteiger partial charge < -0.3 is 25.6 Å². The molecular weight excluding hydrogens is 1230 g/mol. The number of rotatable bonds is 10. The van der Waals surface area contributed by atoms with Crippen LogP contribution in [0, 0.1) is 13.8 Å². The van der Waals surface area contributed by atoms with Crippen LogP contribution in [-0.4, -0.2) is 65.0 Å². The smallest absolute Gasteiger partial charge is 0.543 e. The molecule has 10 aromatic rings. The number of carbonyl (C=O) groups excluding carboxylic acids is 3. The van der Waals surface area contributed by atoms with Crippen LogP contribution in [0.1, 0.15) is 32.1 Å².